The summed E-state index contributed by atoms with van der Waals surface area (Å²) in [6, 6.07) is 18.5. The van der Waals surface area contributed by atoms with Crippen LogP contribution in [-0.2, 0) is 14.9 Å². The quantitative estimate of drug-likeness (QED) is 0.274. The summed E-state index contributed by atoms with van der Waals surface area (Å²) < 4.78 is 12.7. The number of non-ortho nitro benzene ring substituents is 1. The third-order valence-electron chi connectivity index (χ3n) is 8.86. The van der Waals surface area contributed by atoms with E-state index in [4.69, 9.17) is 9.47 Å². The Labute approximate surface area is 234 Å². The first kappa shape index (κ1) is 26.8. The lowest BCUT2D eigenvalue weighted by molar-refractivity contribution is -0.384. The van der Waals surface area contributed by atoms with E-state index in [9.17, 15) is 20.6 Å². The van der Waals surface area contributed by atoms with Crippen LogP contribution in [0.2, 0.25) is 0 Å². The summed E-state index contributed by atoms with van der Waals surface area (Å²) in [6.07, 6.45) is 1.81. The highest BCUT2D eigenvalue weighted by molar-refractivity contribution is 5.74. The van der Waals surface area contributed by atoms with Crippen LogP contribution < -0.4 is 4.90 Å². The molecule has 0 saturated heterocycles. The van der Waals surface area contributed by atoms with E-state index in [1.54, 1.807) is 19.2 Å². The van der Waals surface area contributed by atoms with E-state index < -0.39 is 16.1 Å². The van der Waals surface area contributed by atoms with Crippen molar-refractivity contribution < 1.29 is 14.4 Å². The van der Waals surface area contributed by atoms with E-state index in [0.717, 1.165) is 5.69 Å². The smallest absolute Gasteiger partial charge is 0.269 e. The number of likely N-dealkylation sites (N-methyl/N-ethyl adjacent to an activating group) is 2. The van der Waals surface area contributed by atoms with Crippen LogP contribution in [0.25, 0.3) is 5.76 Å². The molecule has 2 aromatic rings. The van der Waals surface area contributed by atoms with Gasteiger partial charge >= 0.3 is 0 Å². The van der Waals surface area contributed by atoms with Gasteiger partial charge < -0.3 is 19.3 Å². The second-order valence-electron chi connectivity index (χ2n) is 11.3. The molecule has 0 saturated carbocycles. The largest absolute Gasteiger partial charge is 0.500 e. The van der Waals surface area contributed by atoms with Gasteiger partial charge in [0.2, 0.25) is 5.72 Å². The number of methoxy groups -OCH3 is 1. The highest BCUT2D eigenvalue weighted by Crippen LogP contribution is 2.65. The minimum Gasteiger partial charge on any atom is -0.500 e. The highest BCUT2D eigenvalue weighted by Gasteiger charge is 2.66. The van der Waals surface area contributed by atoms with E-state index in [-0.39, 0.29) is 22.7 Å². The van der Waals surface area contributed by atoms with Crippen molar-refractivity contribution >= 4 is 17.1 Å². The van der Waals surface area contributed by atoms with Crippen molar-refractivity contribution in [1.82, 2.24) is 4.90 Å². The van der Waals surface area contributed by atoms with Gasteiger partial charge in [-0.1, -0.05) is 32.0 Å². The number of anilines is 1. The van der Waals surface area contributed by atoms with Crippen LogP contribution in [-0.4, -0.2) is 42.8 Å². The van der Waals surface area contributed by atoms with Gasteiger partial charge in [-0.05, 0) is 37.6 Å². The molecule has 0 N–H and O–H groups in total. The second kappa shape index (κ2) is 8.89. The fourth-order valence-electron chi connectivity index (χ4n) is 7.15. The first-order valence-electron chi connectivity index (χ1n) is 12.9. The fraction of sp³-hybridized carbons (Fsp3) is 0.355. The number of fused-ring (bicyclic) bond motifs is 1. The lowest BCUT2D eigenvalue weighted by Crippen LogP contribution is -2.61. The molecule has 1 aliphatic carbocycles. The van der Waals surface area contributed by atoms with Crippen molar-refractivity contribution in [3.8, 4) is 12.1 Å². The van der Waals surface area contributed by atoms with E-state index >= 15 is 0 Å². The third kappa shape index (κ3) is 3.37. The molecule has 3 atom stereocenters. The van der Waals surface area contributed by atoms with Crippen molar-refractivity contribution in [2.24, 2.45) is 5.41 Å². The average Bonchev–Trinajstić information content (AvgIpc) is 3.34. The SMILES string of the molecule is COC1=C(C2(C)OC(c3ccc([N+](=O)[O-])cc3)=CN2C)C(=C(C#N)C#N)C1(C)C1N(C)c2ccccc2C1(C)C. The Balaban J connectivity index is 1.66. The van der Waals surface area contributed by atoms with Crippen molar-refractivity contribution in [3.63, 3.8) is 0 Å². The number of nitriles is 2. The number of para-hydroxylation sites is 1. The van der Waals surface area contributed by atoms with Crippen LogP contribution in [0.4, 0.5) is 11.4 Å². The summed E-state index contributed by atoms with van der Waals surface area (Å²) in [4.78, 5) is 14.8. The van der Waals surface area contributed by atoms with Gasteiger partial charge in [-0.15, -0.1) is 0 Å². The number of hydrogen-bond donors (Lipinski definition) is 0. The topological polar surface area (TPSA) is 116 Å². The van der Waals surface area contributed by atoms with Gasteiger partial charge in [0.15, 0.2) is 0 Å². The summed E-state index contributed by atoms with van der Waals surface area (Å²) in [7, 11) is 5.51. The fourth-order valence-corrected chi connectivity index (χ4v) is 7.15. The molecule has 0 fully saturated rings. The van der Waals surface area contributed by atoms with Crippen molar-refractivity contribution in [1.29, 1.82) is 10.5 Å². The monoisotopic (exact) mass is 537 g/mol. The van der Waals surface area contributed by atoms with Crippen molar-refractivity contribution in [3.05, 3.63) is 98.5 Å². The molecule has 40 heavy (non-hydrogen) atoms. The molecule has 0 bridgehead atoms. The zero-order chi connectivity index (χ0) is 29.2. The Bertz CT molecular complexity index is 1590. The van der Waals surface area contributed by atoms with Crippen LogP contribution in [0.5, 0.6) is 0 Å². The molecule has 204 valence electrons. The standard InChI is InChI=1S/C31H31N5O4/c1-29(2)22-10-8-9-11-23(22)35(6)28(29)30(3)25(20(16-32)17-33)26(27(30)39-7)31(4)34(5)18-24(40-31)19-12-14-21(15-13-19)36(37)38/h8-15,18,28H,1-7H3. The van der Waals surface area contributed by atoms with Crippen LogP contribution in [0.15, 0.2) is 77.2 Å². The zero-order valence-corrected chi connectivity index (χ0v) is 23.6. The molecule has 3 unspecified atom stereocenters. The predicted molar refractivity (Wildman–Crippen MR) is 150 cm³/mol. The molecule has 0 spiro atoms. The Morgan fingerprint density at radius 2 is 1.68 bits per heavy atom. The maximum atomic E-state index is 11.1. The molecule has 2 heterocycles. The maximum absolute atomic E-state index is 11.1. The molecule has 9 nitrogen and oxygen atoms in total. The van der Waals surface area contributed by atoms with Gasteiger partial charge in [0.05, 0.1) is 29.1 Å². The van der Waals surface area contributed by atoms with Crippen LogP contribution >= 0.6 is 0 Å². The second-order valence-corrected chi connectivity index (χ2v) is 11.3. The number of hydrogen-bond acceptors (Lipinski definition) is 8. The first-order valence-corrected chi connectivity index (χ1v) is 12.9. The van der Waals surface area contributed by atoms with Crippen LogP contribution in [0.1, 0.15) is 38.8 Å². The number of nitrogens with zero attached hydrogens (tertiary/aromatic N) is 5. The molecular formula is C31H31N5O4. The molecule has 3 aliphatic rings. The van der Waals surface area contributed by atoms with Gasteiger partial charge in [0.1, 0.15) is 29.2 Å². The number of nitro groups is 1. The van der Waals surface area contributed by atoms with Gasteiger partial charge in [0, 0.05) is 54.7 Å². The zero-order valence-electron chi connectivity index (χ0n) is 23.6. The molecule has 9 heteroatoms. The van der Waals surface area contributed by atoms with Crippen molar-refractivity contribution in [2.45, 2.75) is 44.9 Å². The molecular weight excluding hydrogens is 506 g/mol. The summed E-state index contributed by atoms with van der Waals surface area (Å²) in [5.41, 5.74) is 1.91. The molecule has 0 radical (unpaired) electrons. The third-order valence-corrected chi connectivity index (χ3v) is 8.86. The number of ether oxygens (including phenoxy) is 2. The molecule has 2 aliphatic heterocycles. The van der Waals surface area contributed by atoms with E-state index in [0.29, 0.717) is 28.2 Å². The average molecular weight is 538 g/mol. The summed E-state index contributed by atoms with van der Waals surface area (Å²) in [5.74, 6) is 1.16. The number of rotatable bonds is 5. The van der Waals surface area contributed by atoms with E-state index in [2.05, 4.69) is 43.0 Å². The van der Waals surface area contributed by atoms with Crippen LogP contribution in [0, 0.1) is 38.2 Å². The number of allylic oxidation sites excluding steroid dienone is 1. The molecule has 2 aromatic carbocycles. The predicted octanol–water partition coefficient (Wildman–Crippen LogP) is 5.63. The van der Waals surface area contributed by atoms with E-state index in [1.807, 2.05) is 51.2 Å². The molecule has 5 rings (SSSR count). The number of benzene rings is 2. The summed E-state index contributed by atoms with van der Waals surface area (Å²) >= 11 is 0. The Morgan fingerprint density at radius 1 is 1.05 bits per heavy atom. The normalized spacial score (nSPS) is 26.3. The Hall–Kier alpha value is -4.76. The first-order chi connectivity index (χ1) is 18.9. The Morgan fingerprint density at radius 3 is 2.23 bits per heavy atom. The lowest BCUT2D eigenvalue weighted by atomic mass is 9.53. The van der Waals surface area contributed by atoms with Gasteiger partial charge in [0.25, 0.3) is 5.69 Å². The van der Waals surface area contributed by atoms with Crippen molar-refractivity contribution in [2.75, 3.05) is 26.1 Å². The maximum Gasteiger partial charge on any atom is 0.269 e. The van der Waals surface area contributed by atoms with Gasteiger partial charge in [-0.25, -0.2) is 0 Å². The minimum absolute atomic E-state index is 0.0141. The molecule has 0 amide bonds. The highest BCUT2D eigenvalue weighted by atomic mass is 16.6. The van der Waals surface area contributed by atoms with Gasteiger partial charge in [-0.3, -0.25) is 10.1 Å². The minimum atomic E-state index is -1.11. The summed E-state index contributed by atoms with van der Waals surface area (Å²) in [5, 5.41) is 31.4. The summed E-state index contributed by atoms with van der Waals surface area (Å²) in [6.45, 7) is 8.28. The van der Waals surface area contributed by atoms with Crippen LogP contribution in [0.3, 0.4) is 0 Å². The Kier molecular flexibility index (Phi) is 5.96. The lowest BCUT2D eigenvalue weighted by Gasteiger charge is -2.56. The molecule has 0 aromatic heterocycles. The number of nitro benzene ring substituents is 1. The van der Waals surface area contributed by atoms with E-state index in [1.165, 1.54) is 17.7 Å². The van der Waals surface area contributed by atoms with Gasteiger partial charge in [-0.2, -0.15) is 10.5 Å².